The molecule has 0 amide bonds. The molecule has 0 aromatic heterocycles. The molecule has 0 radical (unpaired) electrons. The van der Waals surface area contributed by atoms with Gasteiger partial charge in [0.2, 0.25) is 0 Å². The van der Waals surface area contributed by atoms with E-state index < -0.39 is 0 Å². The summed E-state index contributed by atoms with van der Waals surface area (Å²) in [6.07, 6.45) is 4.82. The average Bonchev–Trinajstić information content (AvgIpc) is 3.10. The maximum Gasteiger partial charge on any atom is 0.118 e. The van der Waals surface area contributed by atoms with Crippen LogP contribution >= 0.6 is 0 Å². The monoisotopic (exact) mass is 289 g/mol. The SMILES string of the molecule is COc1ccc([C@@H](NC[C@H]2C[C@H]3CC[C@H]2O3)C(C)C)cc1. The number of fused-ring (bicyclic) bond motifs is 2. The highest BCUT2D eigenvalue weighted by Crippen LogP contribution is 2.38. The molecule has 0 aliphatic carbocycles. The van der Waals surface area contributed by atoms with Crippen LogP contribution in [-0.4, -0.2) is 25.9 Å². The Morgan fingerprint density at radius 3 is 2.52 bits per heavy atom. The molecule has 3 rings (SSSR count). The topological polar surface area (TPSA) is 30.5 Å². The fourth-order valence-electron chi connectivity index (χ4n) is 3.79. The average molecular weight is 289 g/mol. The van der Waals surface area contributed by atoms with Crippen molar-refractivity contribution in [1.82, 2.24) is 5.32 Å². The van der Waals surface area contributed by atoms with Crippen LogP contribution in [0, 0.1) is 11.8 Å². The van der Waals surface area contributed by atoms with Crippen molar-refractivity contribution in [2.75, 3.05) is 13.7 Å². The van der Waals surface area contributed by atoms with E-state index >= 15 is 0 Å². The molecule has 4 atom stereocenters. The molecule has 0 saturated carbocycles. The molecule has 2 aliphatic heterocycles. The predicted octanol–water partition coefficient (Wildman–Crippen LogP) is 3.55. The maximum absolute atomic E-state index is 5.96. The van der Waals surface area contributed by atoms with E-state index in [-0.39, 0.29) is 0 Å². The standard InChI is InChI=1S/C18H27NO2/c1-12(2)18(13-4-6-15(20-3)7-5-13)19-11-14-10-16-8-9-17(14)21-16/h4-7,12,14,16-19H,8-11H2,1-3H3/t14-,16-,17-,18+/m1/s1. The highest BCUT2D eigenvalue weighted by molar-refractivity contribution is 5.29. The molecule has 2 fully saturated rings. The number of hydrogen-bond acceptors (Lipinski definition) is 3. The molecule has 1 aromatic rings. The van der Waals surface area contributed by atoms with Crippen LogP contribution in [0.1, 0.15) is 44.7 Å². The highest BCUT2D eigenvalue weighted by Gasteiger charge is 2.40. The third-order valence-electron chi connectivity index (χ3n) is 4.97. The molecule has 2 aliphatic rings. The van der Waals surface area contributed by atoms with Crippen LogP contribution in [-0.2, 0) is 4.74 Å². The lowest BCUT2D eigenvalue weighted by Gasteiger charge is -2.27. The number of methoxy groups -OCH3 is 1. The zero-order valence-corrected chi connectivity index (χ0v) is 13.3. The van der Waals surface area contributed by atoms with Crippen molar-refractivity contribution in [3.8, 4) is 5.75 Å². The number of nitrogens with one attached hydrogen (secondary N) is 1. The van der Waals surface area contributed by atoms with Gasteiger partial charge in [0.1, 0.15) is 5.75 Å². The second-order valence-electron chi connectivity index (χ2n) is 6.77. The van der Waals surface area contributed by atoms with E-state index in [9.17, 15) is 0 Å². The van der Waals surface area contributed by atoms with Gasteiger partial charge in [-0.15, -0.1) is 0 Å². The van der Waals surface area contributed by atoms with E-state index in [4.69, 9.17) is 9.47 Å². The fourth-order valence-corrected chi connectivity index (χ4v) is 3.79. The van der Waals surface area contributed by atoms with Crippen molar-refractivity contribution in [3.63, 3.8) is 0 Å². The third-order valence-corrected chi connectivity index (χ3v) is 4.97. The molecule has 1 aromatic carbocycles. The van der Waals surface area contributed by atoms with Gasteiger partial charge in [0.15, 0.2) is 0 Å². The van der Waals surface area contributed by atoms with Crippen LogP contribution in [0.4, 0.5) is 0 Å². The minimum Gasteiger partial charge on any atom is -0.497 e. The summed E-state index contributed by atoms with van der Waals surface area (Å²) >= 11 is 0. The van der Waals surface area contributed by atoms with E-state index in [1.54, 1.807) is 7.11 Å². The number of benzene rings is 1. The van der Waals surface area contributed by atoms with Gasteiger partial charge >= 0.3 is 0 Å². The zero-order chi connectivity index (χ0) is 14.8. The Kier molecular flexibility index (Phi) is 4.51. The van der Waals surface area contributed by atoms with E-state index in [0.717, 1.165) is 12.3 Å². The van der Waals surface area contributed by atoms with Gasteiger partial charge in [0, 0.05) is 18.5 Å². The molecule has 3 nitrogen and oxygen atoms in total. The first kappa shape index (κ1) is 14.9. The minimum atomic E-state index is 0.398. The Hall–Kier alpha value is -1.06. The van der Waals surface area contributed by atoms with Crippen LogP contribution < -0.4 is 10.1 Å². The van der Waals surface area contributed by atoms with Gasteiger partial charge < -0.3 is 14.8 Å². The number of ether oxygens (including phenoxy) is 2. The summed E-state index contributed by atoms with van der Waals surface area (Å²) < 4.78 is 11.2. The Balaban J connectivity index is 1.61. The Bertz CT molecular complexity index is 457. The molecule has 21 heavy (non-hydrogen) atoms. The van der Waals surface area contributed by atoms with Crippen molar-refractivity contribution in [3.05, 3.63) is 29.8 Å². The molecule has 1 N–H and O–H groups in total. The Labute approximate surface area is 128 Å². The van der Waals surface area contributed by atoms with Crippen molar-refractivity contribution in [2.24, 2.45) is 11.8 Å². The first-order valence-electron chi connectivity index (χ1n) is 8.20. The van der Waals surface area contributed by atoms with Gasteiger partial charge in [-0.25, -0.2) is 0 Å². The van der Waals surface area contributed by atoms with Crippen LogP contribution in [0.25, 0.3) is 0 Å². The molecule has 2 saturated heterocycles. The van der Waals surface area contributed by atoms with Gasteiger partial charge in [0.05, 0.1) is 19.3 Å². The lowest BCUT2D eigenvalue weighted by Crippen LogP contribution is -2.34. The summed E-state index contributed by atoms with van der Waals surface area (Å²) in [5, 5.41) is 3.78. The lowest BCUT2D eigenvalue weighted by molar-refractivity contribution is 0.0916. The van der Waals surface area contributed by atoms with Gasteiger partial charge in [-0.1, -0.05) is 26.0 Å². The Morgan fingerprint density at radius 2 is 2.00 bits per heavy atom. The smallest absolute Gasteiger partial charge is 0.118 e. The third kappa shape index (κ3) is 3.24. The van der Waals surface area contributed by atoms with E-state index in [0.29, 0.717) is 30.1 Å². The van der Waals surface area contributed by atoms with Crippen molar-refractivity contribution in [2.45, 2.75) is 51.4 Å². The van der Waals surface area contributed by atoms with Gasteiger partial charge in [-0.3, -0.25) is 0 Å². The summed E-state index contributed by atoms with van der Waals surface area (Å²) in [7, 11) is 1.71. The summed E-state index contributed by atoms with van der Waals surface area (Å²) in [6.45, 7) is 5.62. The molecular formula is C18H27NO2. The predicted molar refractivity (Wildman–Crippen MR) is 84.6 cm³/mol. The zero-order valence-electron chi connectivity index (χ0n) is 13.3. The summed E-state index contributed by atoms with van der Waals surface area (Å²) in [5.41, 5.74) is 1.34. The normalized spacial score (nSPS) is 29.0. The van der Waals surface area contributed by atoms with Crippen LogP contribution in [0.2, 0.25) is 0 Å². The maximum atomic E-state index is 5.96. The van der Waals surface area contributed by atoms with E-state index in [1.165, 1.54) is 24.8 Å². The highest BCUT2D eigenvalue weighted by atomic mass is 16.5. The second kappa shape index (κ2) is 6.37. The number of rotatable bonds is 6. The van der Waals surface area contributed by atoms with E-state index in [1.807, 2.05) is 12.1 Å². The molecule has 3 heteroatoms. The molecular weight excluding hydrogens is 262 g/mol. The summed E-state index contributed by atoms with van der Waals surface area (Å²) in [4.78, 5) is 0. The number of hydrogen-bond donors (Lipinski definition) is 1. The van der Waals surface area contributed by atoms with Crippen LogP contribution in [0.5, 0.6) is 5.75 Å². The molecule has 2 heterocycles. The van der Waals surface area contributed by atoms with Gasteiger partial charge in [-0.2, -0.15) is 0 Å². The lowest BCUT2D eigenvalue weighted by atomic mass is 9.88. The fraction of sp³-hybridized carbons (Fsp3) is 0.667. The summed E-state index contributed by atoms with van der Waals surface area (Å²) in [5.74, 6) is 2.18. The van der Waals surface area contributed by atoms with Crippen molar-refractivity contribution < 1.29 is 9.47 Å². The second-order valence-corrected chi connectivity index (χ2v) is 6.77. The first-order chi connectivity index (χ1) is 10.2. The molecule has 0 unspecified atom stereocenters. The molecule has 116 valence electrons. The quantitative estimate of drug-likeness (QED) is 0.868. The largest absolute Gasteiger partial charge is 0.497 e. The van der Waals surface area contributed by atoms with Crippen LogP contribution in [0.15, 0.2) is 24.3 Å². The van der Waals surface area contributed by atoms with Crippen molar-refractivity contribution >= 4 is 0 Å². The Morgan fingerprint density at radius 1 is 1.24 bits per heavy atom. The summed E-state index contributed by atoms with van der Waals surface area (Å²) in [6, 6.07) is 8.84. The molecule has 0 spiro atoms. The van der Waals surface area contributed by atoms with Gasteiger partial charge in [0.25, 0.3) is 0 Å². The minimum absolute atomic E-state index is 0.398. The van der Waals surface area contributed by atoms with Crippen molar-refractivity contribution in [1.29, 1.82) is 0 Å². The van der Waals surface area contributed by atoms with Gasteiger partial charge in [-0.05, 0) is 42.9 Å². The first-order valence-corrected chi connectivity index (χ1v) is 8.20. The van der Waals surface area contributed by atoms with E-state index in [2.05, 4.69) is 31.3 Å². The van der Waals surface area contributed by atoms with Crippen LogP contribution in [0.3, 0.4) is 0 Å². The molecule has 2 bridgehead atoms.